The summed E-state index contributed by atoms with van der Waals surface area (Å²) in [7, 11) is 4.23. The van der Waals surface area contributed by atoms with Crippen molar-refractivity contribution in [3.05, 3.63) is 225 Å². The molecule has 5 aromatic heterocycles. The van der Waals surface area contributed by atoms with Gasteiger partial charge in [-0.25, -0.2) is 0 Å². The van der Waals surface area contributed by atoms with Gasteiger partial charge in [-0.3, -0.25) is 15.0 Å². The lowest BCUT2D eigenvalue weighted by Gasteiger charge is -1.95. The Kier molecular flexibility index (Phi) is 100. The number of para-hydroxylation sites is 4. The fourth-order valence-corrected chi connectivity index (χ4v) is 5.56. The number of hydrogen-bond acceptors (Lipinski definition) is 3. The van der Waals surface area contributed by atoms with Crippen LogP contribution in [0, 0.1) is 0 Å². The van der Waals surface area contributed by atoms with Crippen molar-refractivity contribution in [1.29, 1.82) is 0 Å². The molecule has 0 saturated heterocycles. The molecule has 0 unspecified atom stereocenters. The van der Waals surface area contributed by atoms with Crippen LogP contribution in [0.15, 0.2) is 225 Å². The summed E-state index contributed by atoms with van der Waals surface area (Å²) < 4.78 is 4.48. The minimum atomic E-state index is 0. The zero-order valence-electron chi connectivity index (χ0n) is 49.6. The zero-order valence-corrected chi connectivity index (χ0v) is 49.6. The normalized spacial score (nSPS) is 7.35. The number of hydrogen-bond donors (Lipinski definition) is 0. The number of benzene rings is 5. The van der Waals surface area contributed by atoms with Gasteiger partial charge in [0, 0.05) is 94.9 Å². The summed E-state index contributed by atoms with van der Waals surface area (Å²) in [6, 6.07) is 63.2. The first kappa shape index (κ1) is 95.9. The lowest BCUT2D eigenvalue weighted by atomic mass is 10.2. The molecule has 0 atom stereocenters. The predicted octanol–water partition coefficient (Wildman–Crippen LogP) is 25.0. The second kappa shape index (κ2) is 80.5. The number of nitrogens with zero attached hydrogens (tertiary/aromatic N) is 5. The largest absolute Gasteiger partial charge is 0.344 e. The molecule has 0 bridgehead atoms. The van der Waals surface area contributed by atoms with E-state index in [0.29, 0.717) is 0 Å². The van der Waals surface area contributed by atoms with Crippen molar-refractivity contribution < 1.29 is 0 Å². The third kappa shape index (κ3) is 43.0. The molecule has 5 nitrogen and oxygen atoms in total. The third-order valence-electron chi connectivity index (χ3n) is 8.01. The molecule has 77 heavy (non-hydrogen) atoms. The van der Waals surface area contributed by atoms with E-state index in [2.05, 4.69) is 135 Å². The van der Waals surface area contributed by atoms with Gasteiger partial charge in [0.15, 0.2) is 0 Å². The van der Waals surface area contributed by atoms with E-state index in [0.717, 1.165) is 0 Å². The molecule has 0 aliphatic heterocycles. The molecule has 0 radical (unpaired) electrons. The highest BCUT2D eigenvalue weighted by atomic mass is 14.9. The molecule has 0 saturated carbocycles. The van der Waals surface area contributed by atoms with Crippen LogP contribution in [-0.4, -0.2) is 24.1 Å². The molecule has 0 fully saturated rings. The lowest BCUT2D eigenvalue weighted by Crippen LogP contribution is -1.84. The van der Waals surface area contributed by atoms with Crippen molar-refractivity contribution in [3.8, 4) is 0 Å². The van der Waals surface area contributed by atoms with Crippen molar-refractivity contribution in [2.75, 3.05) is 0 Å². The second-order valence-electron chi connectivity index (χ2n) is 11.4. The van der Waals surface area contributed by atoms with Gasteiger partial charge in [0.1, 0.15) is 0 Å². The van der Waals surface area contributed by atoms with Crippen molar-refractivity contribution in [2.24, 2.45) is 14.1 Å². The molecule has 0 aliphatic rings. The SMILES string of the molecule is C.C.C.C.C.CC.CC.CC.CC.CC.CC.CC.CC.CC.CC.Cn1c2ccccc2c2ccccc21.Cn1c2ccccc2c2ccccc21.c1ccccc1.c1ccncc1.c1ccncc1.c1ccncc1. The Balaban J connectivity index is -0.0000000718. The number of pyridine rings is 3. The van der Waals surface area contributed by atoms with Gasteiger partial charge in [-0.2, -0.15) is 0 Å². The summed E-state index contributed by atoms with van der Waals surface area (Å²) in [4.78, 5) is 11.4. The van der Waals surface area contributed by atoms with Gasteiger partial charge in [0.2, 0.25) is 0 Å². The highest BCUT2D eigenvalue weighted by molar-refractivity contribution is 6.08. The minimum absolute atomic E-state index is 0. The van der Waals surface area contributed by atoms with Gasteiger partial charge in [-0.05, 0) is 60.7 Å². The van der Waals surface area contributed by atoms with E-state index in [-0.39, 0.29) is 37.1 Å². The Morgan fingerprint density at radius 3 is 0.442 bits per heavy atom. The molecule has 5 aromatic carbocycles. The molecule has 0 aliphatic carbocycles. The van der Waals surface area contributed by atoms with Gasteiger partial charge < -0.3 is 9.13 Å². The Morgan fingerprint density at radius 2 is 0.325 bits per heavy atom. The molecular weight excluding hydrogens is 935 g/mol. The van der Waals surface area contributed by atoms with E-state index < -0.39 is 0 Å². The Bertz CT molecular complexity index is 1970. The van der Waals surface area contributed by atoms with Crippen LogP contribution in [0.1, 0.15) is 176 Å². The van der Waals surface area contributed by atoms with Gasteiger partial charge in [-0.15, -0.1) is 0 Å². The summed E-state index contributed by atoms with van der Waals surface area (Å²) in [5.74, 6) is 0. The topological polar surface area (TPSA) is 48.5 Å². The maximum atomic E-state index is 3.78. The van der Waals surface area contributed by atoms with Crippen molar-refractivity contribution in [3.63, 3.8) is 0 Å². The zero-order chi connectivity index (χ0) is 56.1. The van der Waals surface area contributed by atoms with E-state index in [4.69, 9.17) is 0 Å². The van der Waals surface area contributed by atoms with Crippen LogP contribution in [0.25, 0.3) is 43.6 Å². The molecule has 0 spiro atoms. The molecule has 0 N–H and O–H groups in total. The highest BCUT2D eigenvalue weighted by Crippen LogP contribution is 2.28. The lowest BCUT2D eigenvalue weighted by molar-refractivity contribution is 1.01. The summed E-state index contributed by atoms with van der Waals surface area (Å²) in [5.41, 5.74) is 5.20. The van der Waals surface area contributed by atoms with Gasteiger partial charge >= 0.3 is 0 Å². The molecule has 5 heterocycles. The van der Waals surface area contributed by atoms with Crippen LogP contribution in [0.2, 0.25) is 0 Å². The summed E-state index contributed by atoms with van der Waals surface area (Å²) in [6.07, 6.45) is 10.5. The fourth-order valence-electron chi connectivity index (χ4n) is 5.56. The average Bonchev–Trinajstić information content (AvgIpc) is 3.99. The first-order chi connectivity index (χ1) is 35.8. The van der Waals surface area contributed by atoms with Crippen LogP contribution in [0.3, 0.4) is 0 Å². The van der Waals surface area contributed by atoms with E-state index in [1.165, 1.54) is 43.6 Å². The van der Waals surface area contributed by atoms with Crippen LogP contribution in [-0.2, 0) is 14.1 Å². The maximum absolute atomic E-state index is 3.78. The number of fused-ring (bicyclic) bond motifs is 6. The van der Waals surface area contributed by atoms with E-state index in [9.17, 15) is 0 Å². The molecule has 0 amide bonds. The molecule has 10 rings (SSSR count). The molecular formula is C72H123N5. The first-order valence-corrected chi connectivity index (χ1v) is 27.1. The number of aromatic nitrogens is 5. The van der Waals surface area contributed by atoms with Crippen LogP contribution >= 0.6 is 0 Å². The van der Waals surface area contributed by atoms with E-state index in [1.54, 1.807) is 37.2 Å². The van der Waals surface area contributed by atoms with Crippen LogP contribution in [0.5, 0.6) is 0 Å². The number of aryl methyl sites for hydroxylation is 2. The summed E-state index contributed by atoms with van der Waals surface area (Å²) >= 11 is 0. The average molecular weight is 1060 g/mol. The summed E-state index contributed by atoms with van der Waals surface area (Å²) in [6.45, 7) is 40.0. The second-order valence-corrected chi connectivity index (χ2v) is 11.4. The van der Waals surface area contributed by atoms with Crippen molar-refractivity contribution >= 4 is 43.6 Å². The first-order valence-electron chi connectivity index (χ1n) is 27.1. The number of rotatable bonds is 0. The fraction of sp³-hybridized carbons (Fsp3) is 0.375. The standard InChI is InChI=1S/2C13H11N.C6H6.3C5H5N.10C2H6.5CH4/c2*1-14-12-8-4-2-6-10(12)11-7-3-5-9-13(11)14;4*1-2-4-6-5-3-1;10*1-2;;;;;/h2*2-9H,1H3;1-6H;3*1-5H;10*1-2H3;5*1H4. The van der Waals surface area contributed by atoms with Crippen molar-refractivity contribution in [2.45, 2.75) is 176 Å². The van der Waals surface area contributed by atoms with Gasteiger partial charge in [0.05, 0.1) is 0 Å². The molecule has 5 heteroatoms. The molecule has 10 aromatic rings. The van der Waals surface area contributed by atoms with E-state index >= 15 is 0 Å². The molecule has 436 valence electrons. The Hall–Kier alpha value is -6.85. The minimum Gasteiger partial charge on any atom is -0.344 e. The van der Waals surface area contributed by atoms with Crippen LogP contribution < -0.4 is 0 Å². The van der Waals surface area contributed by atoms with Gasteiger partial charge in [0.25, 0.3) is 0 Å². The van der Waals surface area contributed by atoms with Crippen LogP contribution in [0.4, 0.5) is 0 Å². The third-order valence-corrected chi connectivity index (χ3v) is 8.01. The Morgan fingerprint density at radius 1 is 0.195 bits per heavy atom. The maximum Gasteiger partial charge on any atom is 0.0488 e. The van der Waals surface area contributed by atoms with Gasteiger partial charge in [-0.1, -0.05) is 303 Å². The predicted molar refractivity (Wildman–Crippen MR) is 367 cm³/mol. The smallest absolute Gasteiger partial charge is 0.0488 e. The van der Waals surface area contributed by atoms with Crippen molar-refractivity contribution in [1.82, 2.24) is 24.1 Å². The quantitative estimate of drug-likeness (QED) is 0.152. The monoisotopic (exact) mass is 1060 g/mol. The summed E-state index contributed by atoms with van der Waals surface area (Å²) in [5, 5.41) is 5.35. The highest BCUT2D eigenvalue weighted by Gasteiger charge is 2.06. The Labute approximate surface area is 480 Å². The van der Waals surface area contributed by atoms with E-state index in [1.807, 2.05) is 229 Å².